The summed E-state index contributed by atoms with van der Waals surface area (Å²) in [6, 6.07) is 16.7. The Hall–Kier alpha value is -3.06. The lowest BCUT2D eigenvalue weighted by Crippen LogP contribution is -2.46. The highest BCUT2D eigenvalue weighted by molar-refractivity contribution is 5.58. The van der Waals surface area contributed by atoms with E-state index in [2.05, 4.69) is 56.5 Å². The van der Waals surface area contributed by atoms with Crippen molar-refractivity contribution in [1.82, 2.24) is 19.9 Å². The molecule has 1 aliphatic rings. The van der Waals surface area contributed by atoms with Gasteiger partial charge in [0.25, 0.3) is 0 Å². The Kier molecular flexibility index (Phi) is 7.98. The van der Waals surface area contributed by atoms with E-state index in [4.69, 9.17) is 9.47 Å². The minimum atomic E-state index is 0.763. The molecule has 0 spiro atoms. The van der Waals surface area contributed by atoms with Crippen LogP contribution in [-0.4, -0.2) is 66.3 Å². The quantitative estimate of drug-likeness (QED) is 0.430. The van der Waals surface area contributed by atoms with Crippen molar-refractivity contribution in [3.05, 3.63) is 66.5 Å². The molecule has 2 aromatic carbocycles. The van der Waals surface area contributed by atoms with Crippen molar-refractivity contribution < 1.29 is 9.47 Å². The van der Waals surface area contributed by atoms with Crippen molar-refractivity contribution in [1.29, 1.82) is 0 Å². The molecule has 2 heterocycles. The fraction of sp³-hybridized carbons (Fsp3) is 0.440. The lowest BCUT2D eigenvalue weighted by atomic mass is 10.1. The topological polar surface area (TPSA) is 55.7 Å². The molecule has 4 rings (SSSR count). The van der Waals surface area contributed by atoms with E-state index in [-0.39, 0.29) is 0 Å². The van der Waals surface area contributed by atoms with Crippen molar-refractivity contribution >= 4 is 5.69 Å². The van der Waals surface area contributed by atoms with E-state index < -0.39 is 0 Å². The number of methoxy groups -OCH3 is 1. The minimum Gasteiger partial charge on any atom is -0.495 e. The molecule has 0 amide bonds. The van der Waals surface area contributed by atoms with Gasteiger partial charge in [-0.3, -0.25) is 9.58 Å². The average molecular weight is 436 g/mol. The average Bonchev–Trinajstić information content (AvgIpc) is 3.37. The number of para-hydroxylation sites is 2. The summed E-state index contributed by atoms with van der Waals surface area (Å²) in [7, 11) is 1.74. The van der Waals surface area contributed by atoms with E-state index in [1.54, 1.807) is 13.3 Å². The van der Waals surface area contributed by atoms with Crippen LogP contribution in [0.2, 0.25) is 0 Å². The van der Waals surface area contributed by atoms with Gasteiger partial charge >= 0.3 is 0 Å². The summed E-state index contributed by atoms with van der Waals surface area (Å²) in [6.45, 7) is 7.00. The molecule has 1 aromatic heterocycles. The van der Waals surface area contributed by atoms with Gasteiger partial charge in [-0.05, 0) is 55.6 Å². The molecule has 0 saturated carbocycles. The normalized spacial score (nSPS) is 14.5. The second kappa shape index (κ2) is 11.5. The van der Waals surface area contributed by atoms with Crippen molar-refractivity contribution in [2.45, 2.75) is 25.8 Å². The van der Waals surface area contributed by atoms with E-state index in [0.29, 0.717) is 0 Å². The molecule has 0 radical (unpaired) electrons. The summed E-state index contributed by atoms with van der Waals surface area (Å²) in [5.41, 5.74) is 2.48. The van der Waals surface area contributed by atoms with Gasteiger partial charge in [0.15, 0.2) is 0 Å². The van der Waals surface area contributed by atoms with Gasteiger partial charge in [-0.2, -0.15) is 0 Å². The molecule has 1 aliphatic heterocycles. The second-order valence-electron chi connectivity index (χ2n) is 8.12. The summed E-state index contributed by atoms with van der Waals surface area (Å²) in [4.78, 5) is 4.98. The predicted molar refractivity (Wildman–Crippen MR) is 127 cm³/mol. The summed E-state index contributed by atoms with van der Waals surface area (Å²) in [5, 5.41) is 7.83. The molecule has 0 N–H and O–H groups in total. The monoisotopic (exact) mass is 435 g/mol. The molecule has 0 bridgehead atoms. The zero-order valence-corrected chi connectivity index (χ0v) is 18.9. The number of piperazine rings is 1. The Morgan fingerprint density at radius 3 is 2.47 bits per heavy atom. The maximum Gasteiger partial charge on any atom is 0.142 e. The highest BCUT2D eigenvalue weighted by Crippen LogP contribution is 2.28. The lowest BCUT2D eigenvalue weighted by molar-refractivity contribution is 0.238. The SMILES string of the molecule is COc1ccccc1N1CCN(CCCCOc2ccc(CCn3ccnn3)cc2)CC1. The number of hydrogen-bond donors (Lipinski definition) is 0. The highest BCUT2D eigenvalue weighted by atomic mass is 16.5. The molecule has 0 unspecified atom stereocenters. The number of nitrogens with zero attached hydrogens (tertiary/aromatic N) is 5. The molecule has 0 atom stereocenters. The van der Waals surface area contributed by atoms with Crippen LogP contribution in [0.3, 0.4) is 0 Å². The minimum absolute atomic E-state index is 0.763. The van der Waals surface area contributed by atoms with Crippen LogP contribution < -0.4 is 14.4 Å². The summed E-state index contributed by atoms with van der Waals surface area (Å²) in [5.74, 6) is 1.90. The molecule has 170 valence electrons. The zero-order valence-electron chi connectivity index (χ0n) is 18.9. The van der Waals surface area contributed by atoms with Crippen LogP contribution in [0.4, 0.5) is 5.69 Å². The van der Waals surface area contributed by atoms with Crippen LogP contribution in [-0.2, 0) is 13.0 Å². The molecule has 32 heavy (non-hydrogen) atoms. The summed E-state index contributed by atoms with van der Waals surface area (Å²) >= 11 is 0. The Morgan fingerprint density at radius 1 is 0.906 bits per heavy atom. The van der Waals surface area contributed by atoms with Gasteiger partial charge in [0.1, 0.15) is 11.5 Å². The van der Waals surface area contributed by atoms with Gasteiger partial charge in [-0.25, -0.2) is 0 Å². The predicted octanol–water partition coefficient (Wildman–Crippen LogP) is 3.51. The van der Waals surface area contributed by atoms with Gasteiger partial charge in [0.05, 0.1) is 25.6 Å². The van der Waals surface area contributed by atoms with Crippen LogP contribution in [0, 0.1) is 0 Å². The summed E-state index contributed by atoms with van der Waals surface area (Å²) in [6.07, 6.45) is 6.76. The first kappa shape index (κ1) is 22.1. The third kappa shape index (κ3) is 6.23. The van der Waals surface area contributed by atoms with Gasteiger partial charge in [-0.15, -0.1) is 5.10 Å². The van der Waals surface area contributed by atoms with Crippen molar-refractivity contribution in [2.75, 3.05) is 51.3 Å². The first-order valence-corrected chi connectivity index (χ1v) is 11.5. The van der Waals surface area contributed by atoms with Gasteiger partial charge < -0.3 is 14.4 Å². The number of rotatable bonds is 11. The van der Waals surface area contributed by atoms with Crippen molar-refractivity contribution in [3.63, 3.8) is 0 Å². The number of hydrogen-bond acceptors (Lipinski definition) is 6. The molecule has 1 saturated heterocycles. The Bertz CT molecular complexity index is 922. The van der Waals surface area contributed by atoms with Crippen LogP contribution in [0.15, 0.2) is 60.9 Å². The molecule has 3 aromatic rings. The van der Waals surface area contributed by atoms with Gasteiger partial charge in [0, 0.05) is 38.9 Å². The number of benzene rings is 2. The number of aromatic nitrogens is 3. The highest BCUT2D eigenvalue weighted by Gasteiger charge is 2.19. The van der Waals surface area contributed by atoms with Crippen molar-refractivity contribution in [2.24, 2.45) is 0 Å². The molecular formula is C25H33N5O2. The largest absolute Gasteiger partial charge is 0.495 e. The maximum atomic E-state index is 5.93. The maximum absolute atomic E-state index is 5.93. The van der Waals surface area contributed by atoms with Gasteiger partial charge in [-0.1, -0.05) is 29.5 Å². The fourth-order valence-electron chi connectivity index (χ4n) is 4.08. The first-order chi connectivity index (χ1) is 15.8. The molecule has 7 heteroatoms. The smallest absolute Gasteiger partial charge is 0.142 e. The molecule has 0 aliphatic carbocycles. The zero-order chi connectivity index (χ0) is 22.0. The van der Waals surface area contributed by atoms with Crippen LogP contribution >= 0.6 is 0 Å². The number of ether oxygens (including phenoxy) is 2. The number of unbranched alkanes of at least 4 members (excludes halogenated alkanes) is 1. The van der Waals surface area contributed by atoms with Crippen LogP contribution in [0.25, 0.3) is 0 Å². The van der Waals surface area contributed by atoms with E-state index in [1.165, 1.54) is 11.3 Å². The lowest BCUT2D eigenvalue weighted by Gasteiger charge is -2.36. The van der Waals surface area contributed by atoms with E-state index in [0.717, 1.165) is 76.6 Å². The molecule has 1 fully saturated rings. The van der Waals surface area contributed by atoms with Crippen LogP contribution in [0.1, 0.15) is 18.4 Å². The van der Waals surface area contributed by atoms with E-state index >= 15 is 0 Å². The molecule has 7 nitrogen and oxygen atoms in total. The number of anilines is 1. The Morgan fingerprint density at radius 2 is 1.72 bits per heavy atom. The third-order valence-electron chi connectivity index (χ3n) is 5.96. The van der Waals surface area contributed by atoms with Crippen molar-refractivity contribution in [3.8, 4) is 11.5 Å². The number of aryl methyl sites for hydroxylation is 2. The second-order valence-corrected chi connectivity index (χ2v) is 8.12. The molecular weight excluding hydrogens is 402 g/mol. The van der Waals surface area contributed by atoms with E-state index in [9.17, 15) is 0 Å². The first-order valence-electron chi connectivity index (χ1n) is 11.5. The fourth-order valence-corrected chi connectivity index (χ4v) is 4.08. The standard InChI is InChI=1S/C25H33N5O2/c1-31-25-7-3-2-6-24(25)29-19-17-28(18-20-29)14-4-5-21-32-23-10-8-22(9-11-23)12-15-30-16-13-26-27-30/h2-3,6-11,13,16H,4-5,12,14-15,17-21H2,1H3. The van der Waals surface area contributed by atoms with E-state index in [1.807, 2.05) is 23.0 Å². The van der Waals surface area contributed by atoms with Crippen LogP contribution in [0.5, 0.6) is 11.5 Å². The Balaban J connectivity index is 1.09. The Labute approximate surface area is 190 Å². The third-order valence-corrected chi connectivity index (χ3v) is 5.96. The van der Waals surface area contributed by atoms with Gasteiger partial charge in [0.2, 0.25) is 0 Å². The summed E-state index contributed by atoms with van der Waals surface area (Å²) < 4.78 is 13.3.